The van der Waals surface area contributed by atoms with E-state index < -0.39 is 0 Å². The van der Waals surface area contributed by atoms with E-state index in [1.165, 1.54) is 19.3 Å². The summed E-state index contributed by atoms with van der Waals surface area (Å²) in [6.07, 6.45) is 4.27. The van der Waals surface area contributed by atoms with Crippen molar-refractivity contribution in [2.24, 2.45) is 29.6 Å². The second-order valence-corrected chi connectivity index (χ2v) is 5.35. The van der Waals surface area contributed by atoms with Crippen molar-refractivity contribution in [2.75, 3.05) is 0 Å². The van der Waals surface area contributed by atoms with Gasteiger partial charge in [0.2, 0.25) is 0 Å². The van der Waals surface area contributed by atoms with Crippen LogP contribution in [0.3, 0.4) is 0 Å². The van der Waals surface area contributed by atoms with Crippen molar-refractivity contribution in [3.63, 3.8) is 0 Å². The first-order valence-electron chi connectivity index (χ1n) is 6.07. The van der Waals surface area contributed by atoms with Crippen LogP contribution in [0.2, 0.25) is 0 Å². The van der Waals surface area contributed by atoms with E-state index in [1.807, 2.05) is 0 Å². The van der Waals surface area contributed by atoms with E-state index in [0.29, 0.717) is 0 Å². The lowest BCUT2D eigenvalue weighted by Crippen LogP contribution is -2.34. The molecule has 0 radical (unpaired) electrons. The smallest absolute Gasteiger partial charge is 0.0334 e. The van der Waals surface area contributed by atoms with E-state index in [-0.39, 0.29) is 0 Å². The van der Waals surface area contributed by atoms with E-state index >= 15 is 0 Å². The molecule has 0 aliphatic heterocycles. The van der Waals surface area contributed by atoms with Gasteiger partial charge in [0.25, 0.3) is 0 Å². The summed E-state index contributed by atoms with van der Waals surface area (Å²) < 4.78 is 0. The lowest BCUT2D eigenvalue weighted by molar-refractivity contribution is 0.0748. The molecule has 1 saturated carbocycles. The molecule has 0 aromatic heterocycles. The van der Waals surface area contributed by atoms with E-state index in [9.17, 15) is 0 Å². The second kappa shape index (κ2) is 4.48. The molecule has 78 valence electrons. The van der Waals surface area contributed by atoms with Crippen LogP contribution in [-0.2, 0) is 0 Å². The highest BCUT2D eigenvalue weighted by Gasteiger charge is 2.34. The molecule has 13 heavy (non-hydrogen) atoms. The van der Waals surface area contributed by atoms with Crippen LogP contribution in [-0.4, -0.2) is 0 Å². The first-order chi connectivity index (χ1) is 6.07. The minimum atomic E-state index is 0.924. The fourth-order valence-corrected chi connectivity index (χ4v) is 3.23. The molecule has 1 aliphatic carbocycles. The van der Waals surface area contributed by atoms with Gasteiger partial charge in [-0.1, -0.05) is 53.9 Å². The summed E-state index contributed by atoms with van der Waals surface area (Å²) in [5.41, 5.74) is 0. The van der Waals surface area contributed by atoms with Gasteiger partial charge in [-0.25, -0.2) is 0 Å². The molecule has 0 bridgehead atoms. The van der Waals surface area contributed by atoms with E-state index in [4.69, 9.17) is 0 Å². The topological polar surface area (TPSA) is 0 Å². The average molecular weight is 182 g/mol. The van der Waals surface area contributed by atoms with Gasteiger partial charge in [-0.2, -0.15) is 0 Å². The van der Waals surface area contributed by atoms with Crippen LogP contribution in [0, 0.1) is 29.6 Å². The zero-order valence-corrected chi connectivity index (χ0v) is 10.0. The predicted octanol–water partition coefficient (Wildman–Crippen LogP) is 4.35. The molecule has 5 atom stereocenters. The Balaban J connectivity index is 2.65. The van der Waals surface area contributed by atoms with Crippen LogP contribution in [0.15, 0.2) is 0 Å². The second-order valence-electron chi connectivity index (χ2n) is 5.35. The van der Waals surface area contributed by atoms with Crippen LogP contribution in [0.25, 0.3) is 0 Å². The van der Waals surface area contributed by atoms with Crippen molar-refractivity contribution in [1.29, 1.82) is 0 Å². The molecule has 1 rings (SSSR count). The molecule has 0 spiro atoms. The average Bonchev–Trinajstić information content (AvgIpc) is 2.12. The Bertz CT molecular complexity index is 146. The molecule has 0 heteroatoms. The van der Waals surface area contributed by atoms with Crippen molar-refractivity contribution >= 4 is 0 Å². The number of hydrogen-bond donors (Lipinski definition) is 0. The van der Waals surface area contributed by atoms with Crippen molar-refractivity contribution in [2.45, 2.75) is 53.9 Å². The summed E-state index contributed by atoms with van der Waals surface area (Å²) >= 11 is 0. The predicted molar refractivity (Wildman–Crippen MR) is 59.7 cm³/mol. The fourth-order valence-electron chi connectivity index (χ4n) is 3.23. The Morgan fingerprint density at radius 2 is 1.62 bits per heavy atom. The summed E-state index contributed by atoms with van der Waals surface area (Å²) in [7, 11) is 0. The van der Waals surface area contributed by atoms with Gasteiger partial charge in [-0.15, -0.1) is 0 Å². The molecule has 1 fully saturated rings. The van der Waals surface area contributed by atoms with Gasteiger partial charge in [0, 0.05) is 0 Å². The van der Waals surface area contributed by atoms with Gasteiger partial charge in [-0.3, -0.25) is 0 Å². The largest absolute Gasteiger partial charge is 0.0651 e. The number of hydrogen-bond acceptors (Lipinski definition) is 0. The first-order valence-corrected chi connectivity index (χ1v) is 6.07. The Morgan fingerprint density at radius 1 is 1.08 bits per heavy atom. The third-order valence-corrected chi connectivity index (χ3v) is 4.54. The van der Waals surface area contributed by atoms with Crippen molar-refractivity contribution in [3.05, 3.63) is 0 Å². The standard InChI is InChI=1S/C13H26/c1-6-9(2)13-11(4)8-7-10(3)12(13)5/h9-13H,6-8H2,1-5H3. The zero-order chi connectivity index (χ0) is 10.0. The Kier molecular flexibility index (Phi) is 3.82. The normalized spacial score (nSPS) is 43.2. The van der Waals surface area contributed by atoms with Crippen LogP contribution >= 0.6 is 0 Å². The molecule has 0 nitrogen and oxygen atoms in total. The van der Waals surface area contributed by atoms with Gasteiger partial charge in [0.15, 0.2) is 0 Å². The SMILES string of the molecule is CCC(C)C1C(C)CCC(C)C1C. The van der Waals surface area contributed by atoms with Crippen molar-refractivity contribution in [1.82, 2.24) is 0 Å². The number of rotatable bonds is 2. The zero-order valence-electron chi connectivity index (χ0n) is 10.0. The molecule has 1 aliphatic rings. The molecule has 0 aromatic rings. The third kappa shape index (κ3) is 2.27. The van der Waals surface area contributed by atoms with Crippen molar-refractivity contribution < 1.29 is 0 Å². The van der Waals surface area contributed by atoms with E-state index in [1.54, 1.807) is 0 Å². The van der Waals surface area contributed by atoms with Gasteiger partial charge in [-0.05, 0) is 29.6 Å². The Hall–Kier alpha value is 0. The summed E-state index contributed by atoms with van der Waals surface area (Å²) in [6.45, 7) is 12.1. The van der Waals surface area contributed by atoms with Gasteiger partial charge in [0.1, 0.15) is 0 Å². The quantitative estimate of drug-likeness (QED) is 0.595. The monoisotopic (exact) mass is 182 g/mol. The highest BCUT2D eigenvalue weighted by atomic mass is 14.4. The minimum Gasteiger partial charge on any atom is -0.0651 e. The highest BCUT2D eigenvalue weighted by molar-refractivity contribution is 4.84. The van der Waals surface area contributed by atoms with Crippen molar-refractivity contribution in [3.8, 4) is 0 Å². The molecule has 0 N–H and O–H groups in total. The minimum absolute atomic E-state index is 0.924. The molecule has 0 heterocycles. The van der Waals surface area contributed by atoms with Crippen LogP contribution in [0.4, 0.5) is 0 Å². The van der Waals surface area contributed by atoms with Gasteiger partial charge < -0.3 is 0 Å². The van der Waals surface area contributed by atoms with Crippen LogP contribution < -0.4 is 0 Å². The van der Waals surface area contributed by atoms with E-state index in [0.717, 1.165) is 29.6 Å². The third-order valence-electron chi connectivity index (χ3n) is 4.54. The van der Waals surface area contributed by atoms with Crippen LogP contribution in [0.5, 0.6) is 0 Å². The Morgan fingerprint density at radius 3 is 2.15 bits per heavy atom. The molecule has 5 unspecified atom stereocenters. The van der Waals surface area contributed by atoms with E-state index in [2.05, 4.69) is 34.6 Å². The molecule has 0 amide bonds. The molecule has 0 saturated heterocycles. The first kappa shape index (κ1) is 11.1. The summed E-state index contributed by atoms with van der Waals surface area (Å²) in [6, 6.07) is 0. The highest BCUT2D eigenvalue weighted by Crippen LogP contribution is 2.42. The maximum Gasteiger partial charge on any atom is -0.0334 e. The maximum atomic E-state index is 2.47. The van der Waals surface area contributed by atoms with Crippen LogP contribution in [0.1, 0.15) is 53.9 Å². The Labute approximate surface area is 84.1 Å². The molecular weight excluding hydrogens is 156 g/mol. The molecular formula is C13H26. The fraction of sp³-hybridized carbons (Fsp3) is 1.00. The summed E-state index contributed by atoms with van der Waals surface area (Å²) in [5.74, 6) is 4.76. The van der Waals surface area contributed by atoms with Gasteiger partial charge >= 0.3 is 0 Å². The molecule has 0 aromatic carbocycles. The summed E-state index contributed by atoms with van der Waals surface area (Å²) in [5, 5.41) is 0. The maximum absolute atomic E-state index is 2.47. The lowest BCUT2D eigenvalue weighted by atomic mass is 9.64. The lowest BCUT2D eigenvalue weighted by Gasteiger charge is -2.42. The van der Waals surface area contributed by atoms with Gasteiger partial charge in [0.05, 0.1) is 0 Å². The summed E-state index contributed by atoms with van der Waals surface area (Å²) in [4.78, 5) is 0.